The summed E-state index contributed by atoms with van der Waals surface area (Å²) in [4.78, 5) is 35.7. The van der Waals surface area contributed by atoms with Crippen molar-refractivity contribution >= 4 is 28.5 Å². The Balaban J connectivity index is 1.48. The van der Waals surface area contributed by atoms with Gasteiger partial charge in [0.25, 0.3) is 0 Å². The van der Waals surface area contributed by atoms with E-state index in [2.05, 4.69) is 10.1 Å². The van der Waals surface area contributed by atoms with Crippen molar-refractivity contribution in [1.82, 2.24) is 9.55 Å². The summed E-state index contributed by atoms with van der Waals surface area (Å²) in [5.74, 6) is -2.50. The van der Waals surface area contributed by atoms with Crippen LogP contribution in [0.15, 0.2) is 52.5 Å². The van der Waals surface area contributed by atoms with Crippen LogP contribution in [0.3, 0.4) is 0 Å². The van der Waals surface area contributed by atoms with E-state index in [9.17, 15) is 19.1 Å². The van der Waals surface area contributed by atoms with Gasteiger partial charge in [0.05, 0.1) is 23.7 Å². The summed E-state index contributed by atoms with van der Waals surface area (Å²) >= 11 is 0. The number of rotatable bonds is 7. The van der Waals surface area contributed by atoms with Gasteiger partial charge in [-0.1, -0.05) is 35.5 Å². The highest BCUT2D eigenvalue weighted by Gasteiger charge is 2.41. The molecule has 3 aromatic rings. The number of aromatic nitrogens is 2. The van der Waals surface area contributed by atoms with E-state index in [1.165, 1.54) is 4.57 Å². The maximum absolute atomic E-state index is 15.2. The summed E-state index contributed by atoms with van der Waals surface area (Å²) < 4.78 is 30.4. The molecule has 1 unspecified atom stereocenters. The molecular formula is C24H23F2N5O4. The first-order chi connectivity index (χ1) is 16.9. The number of carboxylic acid groups (broad SMARTS) is 1. The van der Waals surface area contributed by atoms with Crippen molar-refractivity contribution < 1.29 is 23.5 Å². The van der Waals surface area contributed by atoms with Crippen LogP contribution in [0.1, 0.15) is 28.4 Å². The molecule has 0 radical (unpaired) electrons. The maximum atomic E-state index is 15.2. The molecule has 35 heavy (non-hydrogen) atoms. The molecule has 2 fully saturated rings. The summed E-state index contributed by atoms with van der Waals surface area (Å²) in [6.45, 7) is 1.07. The molecule has 0 spiro atoms. The summed E-state index contributed by atoms with van der Waals surface area (Å²) in [7, 11) is 0. The lowest BCUT2D eigenvalue weighted by molar-refractivity contribution is 0.0694. The van der Waals surface area contributed by atoms with Crippen LogP contribution < -0.4 is 16.1 Å². The van der Waals surface area contributed by atoms with Crippen LogP contribution in [-0.2, 0) is 11.4 Å². The Bertz CT molecular complexity index is 1380. The molecule has 1 aliphatic carbocycles. The summed E-state index contributed by atoms with van der Waals surface area (Å²) in [6, 6.07) is 9.83. The molecule has 2 aliphatic rings. The second-order valence-corrected chi connectivity index (χ2v) is 8.72. The number of anilines is 1. The lowest BCUT2D eigenvalue weighted by Gasteiger charge is -2.19. The van der Waals surface area contributed by atoms with Gasteiger partial charge in [-0.2, -0.15) is 0 Å². The molecule has 1 aromatic carbocycles. The minimum Gasteiger partial charge on any atom is -0.477 e. The fraction of sp³-hybridized carbons (Fsp3) is 0.333. The molecular weight excluding hydrogens is 460 g/mol. The van der Waals surface area contributed by atoms with Crippen molar-refractivity contribution in [1.29, 1.82) is 0 Å². The van der Waals surface area contributed by atoms with Gasteiger partial charge in [-0.3, -0.25) is 4.79 Å². The highest BCUT2D eigenvalue weighted by Crippen LogP contribution is 2.40. The van der Waals surface area contributed by atoms with Crippen molar-refractivity contribution in [2.75, 3.05) is 24.5 Å². The first kappa shape index (κ1) is 22.9. The number of carbonyl (C=O) groups is 1. The van der Waals surface area contributed by atoms with E-state index in [0.717, 1.165) is 17.8 Å². The van der Waals surface area contributed by atoms with Crippen LogP contribution in [0.25, 0.3) is 11.0 Å². The molecule has 1 aliphatic heterocycles. The van der Waals surface area contributed by atoms with E-state index >= 15 is 4.39 Å². The van der Waals surface area contributed by atoms with E-state index in [1.54, 1.807) is 4.90 Å². The third-order valence-corrected chi connectivity index (χ3v) is 6.31. The van der Waals surface area contributed by atoms with E-state index in [-0.39, 0.29) is 48.9 Å². The quantitative estimate of drug-likeness (QED) is 0.495. The minimum atomic E-state index is -1.46. The summed E-state index contributed by atoms with van der Waals surface area (Å²) in [5, 5.41) is 13.4. The number of fused-ring (bicyclic) bond motifs is 1. The number of oxime groups is 1. The molecule has 1 saturated heterocycles. The largest absolute Gasteiger partial charge is 0.477 e. The van der Waals surface area contributed by atoms with Crippen LogP contribution in [0.4, 0.5) is 14.6 Å². The number of benzene rings is 1. The number of hydrogen-bond acceptors (Lipinski definition) is 7. The van der Waals surface area contributed by atoms with Crippen molar-refractivity contribution in [2.45, 2.75) is 25.2 Å². The van der Waals surface area contributed by atoms with E-state index in [1.807, 2.05) is 30.3 Å². The fourth-order valence-corrected chi connectivity index (χ4v) is 4.30. The van der Waals surface area contributed by atoms with Crippen molar-refractivity contribution in [3.63, 3.8) is 0 Å². The van der Waals surface area contributed by atoms with Gasteiger partial charge in [0, 0.05) is 31.6 Å². The van der Waals surface area contributed by atoms with E-state index in [0.29, 0.717) is 12.3 Å². The molecule has 2 aromatic heterocycles. The Morgan fingerprint density at radius 2 is 2.06 bits per heavy atom. The van der Waals surface area contributed by atoms with Gasteiger partial charge in [-0.25, -0.2) is 18.6 Å². The van der Waals surface area contributed by atoms with Crippen molar-refractivity contribution in [3.05, 3.63) is 69.8 Å². The van der Waals surface area contributed by atoms with Crippen LogP contribution in [0, 0.1) is 11.7 Å². The zero-order valence-corrected chi connectivity index (χ0v) is 18.6. The zero-order valence-electron chi connectivity index (χ0n) is 18.6. The zero-order chi connectivity index (χ0) is 24.7. The maximum Gasteiger partial charge on any atom is 0.341 e. The second-order valence-electron chi connectivity index (χ2n) is 8.72. The van der Waals surface area contributed by atoms with Gasteiger partial charge < -0.3 is 25.1 Å². The topological polar surface area (TPSA) is 123 Å². The molecule has 3 atom stereocenters. The molecule has 0 bridgehead atoms. The first-order valence-electron chi connectivity index (χ1n) is 11.2. The Hall–Kier alpha value is -3.86. The van der Waals surface area contributed by atoms with E-state index in [4.69, 9.17) is 10.6 Å². The number of nitrogens with zero attached hydrogens (tertiary/aromatic N) is 4. The molecule has 182 valence electrons. The number of aromatic carboxylic acids is 1. The van der Waals surface area contributed by atoms with Crippen LogP contribution in [-0.4, -0.2) is 52.1 Å². The third kappa shape index (κ3) is 4.34. The molecule has 3 heterocycles. The molecule has 3 N–H and O–H groups in total. The monoisotopic (exact) mass is 483 g/mol. The Morgan fingerprint density at radius 1 is 1.31 bits per heavy atom. The fourth-order valence-electron chi connectivity index (χ4n) is 4.30. The molecule has 9 nitrogen and oxygen atoms in total. The van der Waals surface area contributed by atoms with Crippen LogP contribution in [0.2, 0.25) is 0 Å². The number of halogens is 2. The number of hydrogen-bond donors (Lipinski definition) is 2. The molecule has 11 heteroatoms. The van der Waals surface area contributed by atoms with Gasteiger partial charge in [0.1, 0.15) is 24.0 Å². The predicted octanol–water partition coefficient (Wildman–Crippen LogP) is 2.48. The average molecular weight is 483 g/mol. The number of pyridine rings is 2. The normalized spacial score (nSPS) is 22.7. The highest BCUT2D eigenvalue weighted by molar-refractivity contribution is 5.95. The summed E-state index contributed by atoms with van der Waals surface area (Å²) in [5.41, 5.74) is 6.11. The molecule has 5 rings (SSSR count). The van der Waals surface area contributed by atoms with Gasteiger partial charge in [-0.05, 0) is 11.6 Å². The number of carboxylic acids is 1. The summed E-state index contributed by atoms with van der Waals surface area (Å²) in [6.07, 6.45) is 0.0645. The number of alkyl halides is 1. The standard InChI is InChI=1S/C24H23F2N5O4/c25-17-7-20(17)31-10-16(24(33)34)21(32)15-6-18(26)23(28-22(15)31)30-9-14(8-27)19(11-30)29-35-12-13-4-2-1-3-5-13/h1-6,10,14,17,20H,7-9,11-12,27H2,(H,33,34)/b29-19-/t14?,17-,20+/m0/s1. The van der Waals surface area contributed by atoms with Gasteiger partial charge in [-0.15, -0.1) is 0 Å². The van der Waals surface area contributed by atoms with Crippen molar-refractivity contribution in [2.24, 2.45) is 16.8 Å². The average Bonchev–Trinajstić information content (AvgIpc) is 3.43. The number of nitrogens with two attached hydrogens (primary N) is 1. The van der Waals surface area contributed by atoms with Gasteiger partial charge in [0.2, 0.25) is 5.43 Å². The first-order valence-corrected chi connectivity index (χ1v) is 11.2. The van der Waals surface area contributed by atoms with Crippen molar-refractivity contribution in [3.8, 4) is 0 Å². The SMILES string of the molecule is NCC1CN(c2nc3c(cc2F)c(=O)c(C(=O)O)cn3[C@@H]2C[C@@H]2F)C/C1=N/OCc1ccccc1. The highest BCUT2D eigenvalue weighted by atomic mass is 19.1. The molecule has 1 saturated carbocycles. The lowest BCUT2D eigenvalue weighted by atomic mass is 10.1. The van der Waals surface area contributed by atoms with Crippen LogP contribution in [0.5, 0.6) is 0 Å². The van der Waals surface area contributed by atoms with Crippen LogP contribution >= 0.6 is 0 Å². The van der Waals surface area contributed by atoms with E-state index < -0.39 is 35.0 Å². The lowest BCUT2D eigenvalue weighted by Crippen LogP contribution is -2.26. The Morgan fingerprint density at radius 3 is 2.71 bits per heavy atom. The third-order valence-electron chi connectivity index (χ3n) is 6.31. The second kappa shape index (κ2) is 9.06. The smallest absolute Gasteiger partial charge is 0.341 e. The predicted molar refractivity (Wildman–Crippen MR) is 125 cm³/mol. The Kier molecular flexibility index (Phi) is 5.93. The minimum absolute atomic E-state index is 0.0385. The van der Waals surface area contributed by atoms with Gasteiger partial charge >= 0.3 is 5.97 Å². The Labute approximate surface area is 198 Å². The van der Waals surface area contributed by atoms with Gasteiger partial charge in [0.15, 0.2) is 11.6 Å². The molecule has 0 amide bonds.